The first-order valence-electron chi connectivity index (χ1n) is 19.8. The molecular formula is C41H66N2O3. The van der Waals surface area contributed by atoms with E-state index in [0.717, 1.165) is 42.7 Å². The fraction of sp³-hybridized carbons (Fsp3) is 0.805. The fourth-order valence-corrected chi connectivity index (χ4v) is 8.82. The number of fused-ring (bicyclic) bond motifs is 15. The van der Waals surface area contributed by atoms with Crippen LogP contribution in [0.2, 0.25) is 0 Å². The number of allylic oxidation sites excluding steroid dienone is 3. The smallest absolute Gasteiger partial charge is 0.0784 e. The van der Waals surface area contributed by atoms with Crippen molar-refractivity contribution >= 4 is 0 Å². The molecule has 46 heavy (non-hydrogen) atoms. The Morgan fingerprint density at radius 2 is 1.24 bits per heavy atom. The van der Waals surface area contributed by atoms with Crippen molar-refractivity contribution in [2.75, 3.05) is 26.2 Å². The van der Waals surface area contributed by atoms with Crippen molar-refractivity contribution in [3.8, 4) is 0 Å². The van der Waals surface area contributed by atoms with Crippen molar-refractivity contribution < 1.29 is 14.2 Å². The van der Waals surface area contributed by atoms with Crippen molar-refractivity contribution in [2.24, 2.45) is 23.7 Å². The van der Waals surface area contributed by atoms with Crippen molar-refractivity contribution in [2.45, 2.75) is 159 Å². The van der Waals surface area contributed by atoms with Crippen LogP contribution in [0.5, 0.6) is 0 Å². The lowest BCUT2D eigenvalue weighted by Crippen LogP contribution is -2.39. The Morgan fingerprint density at radius 1 is 0.500 bits per heavy atom. The lowest BCUT2D eigenvalue weighted by Gasteiger charge is -2.36. The van der Waals surface area contributed by atoms with Gasteiger partial charge in [0, 0.05) is 19.0 Å². The first-order chi connectivity index (χ1) is 22.7. The highest BCUT2D eigenvalue weighted by atomic mass is 16.5. The zero-order chi connectivity index (χ0) is 31.2. The molecule has 0 aromatic carbocycles. The van der Waals surface area contributed by atoms with E-state index in [9.17, 15) is 0 Å². The highest BCUT2D eigenvalue weighted by Crippen LogP contribution is 2.33. The van der Waals surface area contributed by atoms with Gasteiger partial charge in [-0.05, 0) is 139 Å². The van der Waals surface area contributed by atoms with Crippen molar-refractivity contribution in [3.05, 3.63) is 48.6 Å². The van der Waals surface area contributed by atoms with Crippen LogP contribution in [0, 0.1) is 23.7 Å². The van der Waals surface area contributed by atoms with Gasteiger partial charge in [0.05, 0.1) is 37.1 Å². The molecule has 0 amide bonds. The summed E-state index contributed by atoms with van der Waals surface area (Å²) in [6, 6.07) is 0.799. The van der Waals surface area contributed by atoms with E-state index in [1.165, 1.54) is 135 Å². The molecule has 6 fully saturated rings. The minimum Gasteiger partial charge on any atom is -0.375 e. The molecule has 8 atom stereocenters. The van der Waals surface area contributed by atoms with E-state index in [0.29, 0.717) is 30.5 Å². The molecule has 13 rings (SSSR count). The Balaban J connectivity index is 0.000000102. The second-order valence-electron chi connectivity index (χ2n) is 15.8. The molecule has 0 radical (unpaired) electrons. The third-order valence-electron chi connectivity index (χ3n) is 11.9. The van der Waals surface area contributed by atoms with Gasteiger partial charge in [-0.2, -0.15) is 0 Å². The lowest BCUT2D eigenvalue weighted by molar-refractivity contribution is -0.103. The van der Waals surface area contributed by atoms with Crippen LogP contribution in [0.3, 0.4) is 0 Å². The second kappa shape index (κ2) is 19.1. The van der Waals surface area contributed by atoms with E-state index in [-0.39, 0.29) is 0 Å². The van der Waals surface area contributed by atoms with Gasteiger partial charge in [-0.15, -0.1) is 0 Å². The zero-order valence-corrected chi connectivity index (χ0v) is 28.9. The second-order valence-corrected chi connectivity index (χ2v) is 15.8. The number of hydrogen-bond donors (Lipinski definition) is 2. The van der Waals surface area contributed by atoms with Gasteiger partial charge in [0.15, 0.2) is 0 Å². The molecule has 2 N–H and O–H groups in total. The summed E-state index contributed by atoms with van der Waals surface area (Å²) in [5.74, 6) is 3.54. The molecule has 0 aromatic heterocycles. The molecule has 0 aromatic rings. The average Bonchev–Trinajstić information content (AvgIpc) is 3.63. The molecule has 10 heterocycles. The summed E-state index contributed by atoms with van der Waals surface area (Å²) in [7, 11) is 0. The first kappa shape index (κ1) is 34.6. The molecule has 6 saturated heterocycles. The van der Waals surface area contributed by atoms with E-state index >= 15 is 0 Å². The first-order valence-corrected chi connectivity index (χ1v) is 19.8. The molecule has 5 heteroatoms. The summed E-state index contributed by atoms with van der Waals surface area (Å²) >= 11 is 0. The van der Waals surface area contributed by atoms with E-state index in [2.05, 4.69) is 59.2 Å². The van der Waals surface area contributed by atoms with Crippen LogP contribution in [0.4, 0.5) is 0 Å². The van der Waals surface area contributed by atoms with Gasteiger partial charge in [0.25, 0.3) is 0 Å². The monoisotopic (exact) mass is 635 g/mol. The van der Waals surface area contributed by atoms with E-state index in [1.54, 1.807) is 0 Å². The maximum atomic E-state index is 5.72. The summed E-state index contributed by atoms with van der Waals surface area (Å²) in [5.41, 5.74) is 0. The van der Waals surface area contributed by atoms with Gasteiger partial charge in [0.1, 0.15) is 0 Å². The highest BCUT2D eigenvalue weighted by Gasteiger charge is 2.32. The Hall–Kier alpha value is -1.24. The number of ether oxygens (including phenoxy) is 3. The van der Waals surface area contributed by atoms with Gasteiger partial charge in [-0.25, -0.2) is 0 Å². The fourth-order valence-electron chi connectivity index (χ4n) is 8.82. The SMILES string of the molecule is C1=CC2CC(C1)O2.C1=CC2CCCC(C1)CNC2.C1=CC2CCCC(CC1)CO2.C1=CCC2CCC(C1)CN2.C1CC2CCC1O2. The molecule has 10 aliphatic heterocycles. The standard InChI is InChI=1S/C10H17N.C10H16O.C9H15N.C6H10O.C6H8O/c1-3-9-5-2-6-10(4-1)8-11-7-9;1-2-6-10-7-3-5-9(4-1)8-11-10;1-2-4-9-6-5-8(3-1)7-10-9;1-2-6-4-3-5(1)7-6;1-2-5-4-6(3-1)7-5/h1,3,9-11H,2,4-8H2;2,6,9-10H,1,3-5,7-8H2;1-2,8-10H,3-7H2;5-6H,1-4H2;1-2,5-6H,3-4H2. The van der Waals surface area contributed by atoms with Gasteiger partial charge in [-0.1, -0.05) is 61.4 Å². The molecular weight excluding hydrogens is 568 g/mol. The van der Waals surface area contributed by atoms with Gasteiger partial charge < -0.3 is 24.8 Å². The van der Waals surface area contributed by atoms with Crippen LogP contribution < -0.4 is 10.6 Å². The van der Waals surface area contributed by atoms with Gasteiger partial charge >= 0.3 is 0 Å². The van der Waals surface area contributed by atoms with E-state index in [4.69, 9.17) is 14.2 Å². The topological polar surface area (TPSA) is 51.8 Å². The molecule has 0 spiro atoms. The zero-order valence-electron chi connectivity index (χ0n) is 28.9. The van der Waals surface area contributed by atoms with Crippen LogP contribution in [0.25, 0.3) is 0 Å². The van der Waals surface area contributed by atoms with Crippen molar-refractivity contribution in [3.63, 3.8) is 0 Å². The summed E-state index contributed by atoms with van der Waals surface area (Å²) in [4.78, 5) is 0. The maximum absolute atomic E-state index is 5.72. The summed E-state index contributed by atoms with van der Waals surface area (Å²) in [5, 5.41) is 7.11. The molecule has 8 unspecified atom stereocenters. The Labute approximate surface area is 281 Å². The summed E-state index contributed by atoms with van der Waals surface area (Å²) in [6.45, 7) is 4.73. The summed E-state index contributed by atoms with van der Waals surface area (Å²) in [6.07, 6.45) is 46.7. The van der Waals surface area contributed by atoms with Gasteiger partial charge in [-0.3, -0.25) is 0 Å². The van der Waals surface area contributed by atoms with Crippen molar-refractivity contribution in [1.29, 1.82) is 0 Å². The number of rotatable bonds is 0. The van der Waals surface area contributed by atoms with Crippen LogP contribution in [0.1, 0.15) is 122 Å². The van der Waals surface area contributed by atoms with Crippen LogP contribution in [-0.4, -0.2) is 62.8 Å². The quantitative estimate of drug-likeness (QED) is 0.261. The Bertz CT molecular complexity index is 931. The third kappa shape index (κ3) is 11.7. The predicted molar refractivity (Wildman–Crippen MR) is 190 cm³/mol. The maximum Gasteiger partial charge on any atom is 0.0784 e. The van der Waals surface area contributed by atoms with E-state index in [1.807, 2.05) is 0 Å². The predicted octanol–water partition coefficient (Wildman–Crippen LogP) is 8.61. The molecule has 3 aliphatic carbocycles. The minimum absolute atomic E-state index is 0.445. The highest BCUT2D eigenvalue weighted by molar-refractivity contribution is 5.04. The molecule has 258 valence electrons. The number of piperidine rings is 1. The molecule has 10 bridgehead atoms. The van der Waals surface area contributed by atoms with Crippen LogP contribution >= 0.6 is 0 Å². The summed E-state index contributed by atoms with van der Waals surface area (Å²) < 4.78 is 16.5. The number of hydrogen-bond acceptors (Lipinski definition) is 5. The number of nitrogens with one attached hydrogen (secondary N) is 2. The molecule has 0 saturated carbocycles. The molecule has 5 nitrogen and oxygen atoms in total. The lowest BCUT2D eigenvalue weighted by atomic mass is 9.88. The van der Waals surface area contributed by atoms with E-state index < -0.39 is 0 Å². The minimum atomic E-state index is 0.445. The van der Waals surface area contributed by atoms with Gasteiger partial charge in [0.2, 0.25) is 0 Å². The third-order valence-corrected chi connectivity index (χ3v) is 11.9. The average molecular weight is 635 g/mol. The normalized spacial score (nSPS) is 40.9. The Morgan fingerprint density at radius 3 is 1.93 bits per heavy atom. The molecule has 13 aliphatic rings. The van der Waals surface area contributed by atoms with Crippen LogP contribution in [-0.2, 0) is 14.2 Å². The van der Waals surface area contributed by atoms with Crippen molar-refractivity contribution in [1.82, 2.24) is 10.6 Å². The Kier molecular flexibility index (Phi) is 14.4. The largest absolute Gasteiger partial charge is 0.375 e. The van der Waals surface area contributed by atoms with Crippen LogP contribution in [0.15, 0.2) is 48.6 Å².